The van der Waals surface area contributed by atoms with Crippen LogP contribution in [-0.2, 0) is 4.74 Å². The Morgan fingerprint density at radius 3 is 2.59 bits per heavy atom. The van der Waals surface area contributed by atoms with E-state index >= 15 is 0 Å². The lowest BCUT2D eigenvalue weighted by molar-refractivity contribution is -0.384. The molecule has 0 aliphatic carbocycles. The Morgan fingerprint density at radius 1 is 1.15 bits per heavy atom. The lowest BCUT2D eigenvalue weighted by atomic mass is 10.0. The van der Waals surface area contributed by atoms with E-state index in [1.165, 1.54) is 18.2 Å². The second kappa shape index (κ2) is 9.11. The van der Waals surface area contributed by atoms with E-state index in [1.54, 1.807) is 6.07 Å². The van der Waals surface area contributed by atoms with Gasteiger partial charge in [-0.1, -0.05) is 36.4 Å². The predicted molar refractivity (Wildman–Crippen MR) is 102 cm³/mol. The molecule has 0 spiro atoms. The van der Waals surface area contributed by atoms with Gasteiger partial charge in [0.1, 0.15) is 0 Å². The smallest absolute Gasteiger partial charge is 0.319 e. The number of nitrogens with one attached hydrogen (secondary N) is 2. The third-order valence-electron chi connectivity index (χ3n) is 4.44. The maximum Gasteiger partial charge on any atom is 0.319 e. The average Bonchev–Trinajstić information content (AvgIpc) is 2.70. The first-order valence-electron chi connectivity index (χ1n) is 8.79. The molecule has 0 radical (unpaired) electrons. The third kappa shape index (κ3) is 5.25. The van der Waals surface area contributed by atoms with Crippen molar-refractivity contribution >= 4 is 17.4 Å². The molecule has 1 saturated heterocycles. The summed E-state index contributed by atoms with van der Waals surface area (Å²) in [5.41, 5.74) is 1.43. The van der Waals surface area contributed by atoms with Crippen LogP contribution in [0.5, 0.6) is 0 Å². The number of ether oxygens (including phenoxy) is 1. The number of amides is 2. The van der Waals surface area contributed by atoms with Crippen molar-refractivity contribution in [3.05, 3.63) is 70.3 Å². The Bertz CT molecular complexity index is 778. The molecule has 3 rings (SSSR count). The quantitative estimate of drug-likeness (QED) is 0.602. The van der Waals surface area contributed by atoms with E-state index < -0.39 is 11.0 Å². The first-order valence-corrected chi connectivity index (χ1v) is 8.79. The van der Waals surface area contributed by atoms with Crippen LogP contribution < -0.4 is 10.6 Å². The van der Waals surface area contributed by atoms with Crippen molar-refractivity contribution < 1.29 is 14.5 Å². The summed E-state index contributed by atoms with van der Waals surface area (Å²) in [6.07, 6.45) is 0. The summed E-state index contributed by atoms with van der Waals surface area (Å²) in [5, 5.41) is 16.4. The van der Waals surface area contributed by atoms with Gasteiger partial charge in [0.25, 0.3) is 5.69 Å². The number of benzene rings is 2. The first-order chi connectivity index (χ1) is 13.1. The number of non-ortho nitro benzene ring substituents is 1. The van der Waals surface area contributed by atoms with E-state index in [-0.39, 0.29) is 11.7 Å². The summed E-state index contributed by atoms with van der Waals surface area (Å²) in [6, 6.07) is 15.5. The predicted octanol–water partition coefficient (Wildman–Crippen LogP) is 2.79. The van der Waals surface area contributed by atoms with Gasteiger partial charge in [-0.2, -0.15) is 0 Å². The number of rotatable bonds is 6. The molecule has 8 heteroatoms. The summed E-state index contributed by atoms with van der Waals surface area (Å²) in [7, 11) is 0. The van der Waals surface area contributed by atoms with Gasteiger partial charge in [0.15, 0.2) is 0 Å². The van der Waals surface area contributed by atoms with Gasteiger partial charge in [-0.3, -0.25) is 15.0 Å². The number of carbonyl (C=O) groups is 1. The van der Waals surface area contributed by atoms with Gasteiger partial charge in [-0.25, -0.2) is 4.79 Å². The van der Waals surface area contributed by atoms with E-state index in [4.69, 9.17) is 4.74 Å². The fourth-order valence-electron chi connectivity index (χ4n) is 3.08. The lowest BCUT2D eigenvalue weighted by Crippen LogP contribution is -2.44. The van der Waals surface area contributed by atoms with Gasteiger partial charge in [0.05, 0.1) is 24.2 Å². The number of nitro groups is 1. The molecule has 0 aromatic heterocycles. The molecule has 2 amide bonds. The largest absolute Gasteiger partial charge is 0.379 e. The summed E-state index contributed by atoms with van der Waals surface area (Å²) in [4.78, 5) is 24.9. The molecule has 0 bridgehead atoms. The van der Waals surface area contributed by atoms with Crippen LogP contribution in [0.25, 0.3) is 0 Å². The SMILES string of the molecule is O=C(NCC(c1ccccc1)N1CCOCC1)Nc1cccc([N+](=O)[O-])c1. The van der Waals surface area contributed by atoms with Gasteiger partial charge in [0, 0.05) is 37.5 Å². The fourth-order valence-corrected chi connectivity index (χ4v) is 3.08. The molecule has 142 valence electrons. The van der Waals surface area contributed by atoms with Gasteiger partial charge in [0.2, 0.25) is 0 Å². The molecule has 1 aliphatic heterocycles. The summed E-state index contributed by atoms with van der Waals surface area (Å²) in [5.74, 6) is 0. The van der Waals surface area contributed by atoms with Crippen LogP contribution in [0.2, 0.25) is 0 Å². The van der Waals surface area contributed by atoms with Gasteiger partial charge < -0.3 is 15.4 Å². The van der Waals surface area contributed by atoms with Crippen molar-refractivity contribution in [3.63, 3.8) is 0 Å². The minimum absolute atomic E-state index is 0.0333. The summed E-state index contributed by atoms with van der Waals surface area (Å²) < 4.78 is 5.42. The number of hydrogen-bond acceptors (Lipinski definition) is 5. The number of hydrogen-bond donors (Lipinski definition) is 2. The number of anilines is 1. The number of nitrogens with zero attached hydrogens (tertiary/aromatic N) is 2. The van der Waals surface area contributed by atoms with Crippen molar-refractivity contribution in [1.82, 2.24) is 10.2 Å². The summed E-state index contributed by atoms with van der Waals surface area (Å²) in [6.45, 7) is 3.36. The van der Waals surface area contributed by atoms with E-state index in [0.717, 1.165) is 18.7 Å². The van der Waals surface area contributed by atoms with Crippen molar-refractivity contribution in [2.75, 3.05) is 38.2 Å². The van der Waals surface area contributed by atoms with Crippen LogP contribution in [0, 0.1) is 10.1 Å². The highest BCUT2D eigenvalue weighted by Gasteiger charge is 2.23. The zero-order valence-electron chi connectivity index (χ0n) is 14.8. The van der Waals surface area contributed by atoms with Crippen LogP contribution in [0.3, 0.4) is 0 Å². The molecular weight excluding hydrogens is 348 g/mol. The van der Waals surface area contributed by atoms with E-state index in [9.17, 15) is 14.9 Å². The number of morpholine rings is 1. The second-order valence-corrected chi connectivity index (χ2v) is 6.22. The Kier molecular flexibility index (Phi) is 6.35. The fraction of sp³-hybridized carbons (Fsp3) is 0.316. The third-order valence-corrected chi connectivity index (χ3v) is 4.44. The molecule has 1 aliphatic rings. The molecule has 2 aromatic carbocycles. The zero-order chi connectivity index (χ0) is 19.1. The molecule has 1 fully saturated rings. The molecule has 2 aromatic rings. The number of urea groups is 1. The highest BCUT2D eigenvalue weighted by atomic mass is 16.6. The second-order valence-electron chi connectivity index (χ2n) is 6.22. The van der Waals surface area contributed by atoms with E-state index in [0.29, 0.717) is 25.4 Å². The molecule has 8 nitrogen and oxygen atoms in total. The Hall–Kier alpha value is -2.97. The average molecular weight is 370 g/mol. The van der Waals surface area contributed by atoms with Crippen LogP contribution in [0.15, 0.2) is 54.6 Å². The van der Waals surface area contributed by atoms with E-state index in [2.05, 4.69) is 15.5 Å². The molecule has 1 unspecified atom stereocenters. The first kappa shape index (κ1) is 18.8. The zero-order valence-corrected chi connectivity index (χ0v) is 14.8. The Balaban J connectivity index is 1.63. The van der Waals surface area contributed by atoms with Crippen molar-refractivity contribution in [1.29, 1.82) is 0 Å². The number of nitro benzene ring substituents is 1. The molecular formula is C19H22N4O4. The summed E-state index contributed by atoms with van der Waals surface area (Å²) >= 11 is 0. The van der Waals surface area contributed by atoms with Crippen molar-refractivity contribution in [2.24, 2.45) is 0 Å². The minimum Gasteiger partial charge on any atom is -0.379 e. The van der Waals surface area contributed by atoms with E-state index in [1.807, 2.05) is 30.3 Å². The maximum absolute atomic E-state index is 12.3. The van der Waals surface area contributed by atoms with Gasteiger partial charge >= 0.3 is 6.03 Å². The topological polar surface area (TPSA) is 96.7 Å². The standard InChI is InChI=1S/C19H22N4O4/c24-19(21-16-7-4-8-17(13-16)23(25)26)20-14-18(15-5-2-1-3-6-15)22-9-11-27-12-10-22/h1-8,13,18H,9-12,14H2,(H2,20,21,24). The molecule has 2 N–H and O–H groups in total. The van der Waals surface area contributed by atoms with Crippen LogP contribution >= 0.6 is 0 Å². The molecule has 0 saturated carbocycles. The lowest BCUT2D eigenvalue weighted by Gasteiger charge is -2.34. The van der Waals surface area contributed by atoms with Gasteiger partial charge in [-0.05, 0) is 11.6 Å². The Labute approximate surface area is 157 Å². The van der Waals surface area contributed by atoms with Crippen molar-refractivity contribution in [2.45, 2.75) is 6.04 Å². The number of carbonyl (C=O) groups excluding carboxylic acids is 1. The van der Waals surface area contributed by atoms with Crippen LogP contribution in [-0.4, -0.2) is 48.7 Å². The monoisotopic (exact) mass is 370 g/mol. The van der Waals surface area contributed by atoms with Crippen LogP contribution in [0.4, 0.5) is 16.2 Å². The van der Waals surface area contributed by atoms with Gasteiger partial charge in [-0.15, -0.1) is 0 Å². The molecule has 1 heterocycles. The highest BCUT2D eigenvalue weighted by molar-refractivity contribution is 5.89. The normalized spacial score (nSPS) is 15.7. The highest BCUT2D eigenvalue weighted by Crippen LogP contribution is 2.21. The Morgan fingerprint density at radius 2 is 1.89 bits per heavy atom. The van der Waals surface area contributed by atoms with Crippen molar-refractivity contribution in [3.8, 4) is 0 Å². The minimum atomic E-state index is -0.493. The molecule has 1 atom stereocenters. The maximum atomic E-state index is 12.3. The molecule has 27 heavy (non-hydrogen) atoms. The van der Waals surface area contributed by atoms with Crippen LogP contribution in [0.1, 0.15) is 11.6 Å².